The molecule has 21 heavy (non-hydrogen) atoms. The number of nitrogens with zero attached hydrogens (tertiary/aromatic N) is 5. The van der Waals surface area contributed by atoms with Crippen molar-refractivity contribution >= 4 is 22.8 Å². The van der Waals surface area contributed by atoms with E-state index in [4.69, 9.17) is 0 Å². The Morgan fingerprint density at radius 3 is 2.71 bits per heavy atom. The van der Waals surface area contributed by atoms with Crippen LogP contribution in [0.15, 0.2) is 17.5 Å². The van der Waals surface area contributed by atoms with Crippen molar-refractivity contribution in [3.05, 3.63) is 12.5 Å². The zero-order chi connectivity index (χ0) is 15.1. The third-order valence-electron chi connectivity index (χ3n) is 2.89. The molecule has 0 aromatic carbocycles. The van der Waals surface area contributed by atoms with Gasteiger partial charge in [-0.2, -0.15) is 5.10 Å². The van der Waals surface area contributed by atoms with Gasteiger partial charge in [0.15, 0.2) is 11.6 Å². The Kier molecular flexibility index (Phi) is 5.30. The molecule has 8 heteroatoms. The average molecular weight is 290 g/mol. The van der Waals surface area contributed by atoms with E-state index < -0.39 is 0 Å². The highest BCUT2D eigenvalue weighted by atomic mass is 15.3. The third-order valence-corrected chi connectivity index (χ3v) is 2.89. The molecule has 0 aliphatic heterocycles. The van der Waals surface area contributed by atoms with Crippen LogP contribution < -0.4 is 16.0 Å². The van der Waals surface area contributed by atoms with E-state index in [9.17, 15) is 0 Å². The fourth-order valence-corrected chi connectivity index (χ4v) is 1.95. The summed E-state index contributed by atoms with van der Waals surface area (Å²) in [5.41, 5.74) is 0.817. The number of aryl methyl sites for hydroxylation is 1. The van der Waals surface area contributed by atoms with Gasteiger partial charge >= 0.3 is 0 Å². The molecule has 0 spiro atoms. The summed E-state index contributed by atoms with van der Waals surface area (Å²) in [5.74, 6) is 1.62. The van der Waals surface area contributed by atoms with Crippen LogP contribution in [0.2, 0.25) is 0 Å². The molecule has 0 atom stereocenters. The highest BCUT2D eigenvalue weighted by Crippen LogP contribution is 2.17. The first-order valence-corrected chi connectivity index (χ1v) is 7.15. The van der Waals surface area contributed by atoms with E-state index in [1.54, 1.807) is 17.2 Å². The SMILES string of the molecule is CCNC(=NCCNc1ncnc2c1cnn2C)NCC. The number of rotatable bonds is 6. The molecule has 2 aromatic heterocycles. The van der Waals surface area contributed by atoms with E-state index in [1.165, 1.54) is 0 Å². The van der Waals surface area contributed by atoms with E-state index in [-0.39, 0.29) is 0 Å². The second kappa shape index (κ2) is 7.41. The van der Waals surface area contributed by atoms with E-state index in [1.807, 2.05) is 20.9 Å². The number of hydrogen-bond donors (Lipinski definition) is 3. The van der Waals surface area contributed by atoms with Gasteiger partial charge in [-0.1, -0.05) is 0 Å². The molecular weight excluding hydrogens is 268 g/mol. The van der Waals surface area contributed by atoms with Gasteiger partial charge in [0.1, 0.15) is 12.1 Å². The maximum absolute atomic E-state index is 4.47. The number of guanidine groups is 1. The highest BCUT2D eigenvalue weighted by molar-refractivity contribution is 5.86. The molecule has 0 amide bonds. The third kappa shape index (κ3) is 3.80. The van der Waals surface area contributed by atoms with Crippen LogP contribution in [0.3, 0.4) is 0 Å². The molecule has 114 valence electrons. The summed E-state index contributed by atoms with van der Waals surface area (Å²) in [6, 6.07) is 0. The van der Waals surface area contributed by atoms with Crippen LogP contribution in [0.4, 0.5) is 5.82 Å². The Morgan fingerprint density at radius 1 is 1.24 bits per heavy atom. The fraction of sp³-hybridized carbons (Fsp3) is 0.538. The number of hydrogen-bond acceptors (Lipinski definition) is 5. The van der Waals surface area contributed by atoms with Gasteiger partial charge in [0, 0.05) is 26.7 Å². The molecule has 0 radical (unpaired) electrons. The molecule has 2 heterocycles. The summed E-state index contributed by atoms with van der Waals surface area (Å²) in [6.45, 7) is 7.14. The van der Waals surface area contributed by atoms with Crippen molar-refractivity contribution < 1.29 is 0 Å². The summed E-state index contributed by atoms with van der Waals surface area (Å²) >= 11 is 0. The topological polar surface area (TPSA) is 92.1 Å². The Hall–Kier alpha value is -2.38. The van der Waals surface area contributed by atoms with Crippen molar-refractivity contribution in [2.75, 3.05) is 31.5 Å². The summed E-state index contributed by atoms with van der Waals surface area (Å²) < 4.78 is 1.73. The maximum atomic E-state index is 4.47. The van der Waals surface area contributed by atoms with Gasteiger partial charge in [-0.15, -0.1) is 0 Å². The Balaban J connectivity index is 1.94. The van der Waals surface area contributed by atoms with Gasteiger partial charge in [-0.05, 0) is 13.8 Å². The zero-order valence-electron chi connectivity index (χ0n) is 12.7. The first-order chi connectivity index (χ1) is 10.3. The maximum Gasteiger partial charge on any atom is 0.191 e. The van der Waals surface area contributed by atoms with Gasteiger partial charge in [0.2, 0.25) is 0 Å². The number of aliphatic imine (C=N–C) groups is 1. The van der Waals surface area contributed by atoms with Crippen molar-refractivity contribution in [3.63, 3.8) is 0 Å². The fourth-order valence-electron chi connectivity index (χ4n) is 1.95. The minimum absolute atomic E-state index is 0.654. The van der Waals surface area contributed by atoms with Crippen molar-refractivity contribution in [2.45, 2.75) is 13.8 Å². The first-order valence-electron chi connectivity index (χ1n) is 7.15. The summed E-state index contributed by atoms with van der Waals surface area (Å²) in [4.78, 5) is 12.9. The molecule has 0 bridgehead atoms. The molecule has 0 fully saturated rings. The largest absolute Gasteiger partial charge is 0.367 e. The number of fused-ring (bicyclic) bond motifs is 1. The van der Waals surface area contributed by atoms with Crippen molar-refractivity contribution in [3.8, 4) is 0 Å². The average Bonchev–Trinajstić information content (AvgIpc) is 2.86. The van der Waals surface area contributed by atoms with Crippen LogP contribution in [-0.4, -0.2) is 51.9 Å². The van der Waals surface area contributed by atoms with Gasteiger partial charge in [-0.3, -0.25) is 9.67 Å². The summed E-state index contributed by atoms with van der Waals surface area (Å²) in [6.07, 6.45) is 3.31. The predicted octanol–water partition coefficient (Wildman–Crippen LogP) is 0.350. The van der Waals surface area contributed by atoms with Crippen molar-refractivity contribution in [1.82, 2.24) is 30.4 Å². The Bertz CT molecular complexity index is 595. The normalized spacial score (nSPS) is 10.4. The molecular formula is C13H22N8. The Labute approximate surface area is 124 Å². The predicted molar refractivity (Wildman–Crippen MR) is 84.4 cm³/mol. The standard InChI is InChI=1S/C13H22N8/c1-4-14-13(15-5-2)17-7-6-16-11-10-8-20-21(3)12(10)19-9-18-11/h8-9H,4-7H2,1-3H3,(H2,14,15,17)(H,16,18,19). The van der Waals surface area contributed by atoms with Crippen LogP contribution in [0.5, 0.6) is 0 Å². The van der Waals surface area contributed by atoms with Crippen molar-refractivity contribution in [1.29, 1.82) is 0 Å². The second-order valence-electron chi connectivity index (χ2n) is 4.45. The minimum Gasteiger partial charge on any atom is -0.367 e. The molecule has 0 aliphatic carbocycles. The van der Waals surface area contributed by atoms with Crippen LogP contribution in [0, 0.1) is 0 Å². The number of nitrogens with one attached hydrogen (secondary N) is 3. The molecule has 3 N–H and O–H groups in total. The van der Waals surface area contributed by atoms with Crippen LogP contribution >= 0.6 is 0 Å². The van der Waals surface area contributed by atoms with Crippen LogP contribution in [0.25, 0.3) is 11.0 Å². The van der Waals surface area contributed by atoms with Crippen molar-refractivity contribution in [2.24, 2.45) is 12.0 Å². The lowest BCUT2D eigenvalue weighted by Crippen LogP contribution is -2.37. The first kappa shape index (κ1) is 15.0. The van der Waals surface area contributed by atoms with E-state index in [0.717, 1.165) is 35.9 Å². The highest BCUT2D eigenvalue weighted by Gasteiger charge is 2.06. The van der Waals surface area contributed by atoms with Gasteiger partial charge in [0.25, 0.3) is 0 Å². The van der Waals surface area contributed by atoms with Gasteiger partial charge < -0.3 is 16.0 Å². The monoisotopic (exact) mass is 290 g/mol. The number of aromatic nitrogens is 4. The quantitative estimate of drug-likeness (QED) is 0.404. The smallest absolute Gasteiger partial charge is 0.191 e. The molecule has 0 unspecified atom stereocenters. The molecule has 0 saturated carbocycles. The lowest BCUT2D eigenvalue weighted by molar-refractivity contribution is 0.785. The molecule has 0 aliphatic rings. The summed E-state index contributed by atoms with van der Waals surface area (Å²) in [7, 11) is 1.86. The molecule has 2 aromatic rings. The van der Waals surface area contributed by atoms with Gasteiger partial charge in [-0.25, -0.2) is 9.97 Å². The zero-order valence-corrected chi connectivity index (χ0v) is 12.7. The van der Waals surface area contributed by atoms with E-state index >= 15 is 0 Å². The summed E-state index contributed by atoms with van der Waals surface area (Å²) in [5, 5.41) is 14.8. The lowest BCUT2D eigenvalue weighted by atomic mass is 10.4. The lowest BCUT2D eigenvalue weighted by Gasteiger charge is -2.09. The van der Waals surface area contributed by atoms with E-state index in [2.05, 4.69) is 36.0 Å². The minimum atomic E-state index is 0.654. The number of anilines is 1. The van der Waals surface area contributed by atoms with E-state index in [0.29, 0.717) is 13.1 Å². The van der Waals surface area contributed by atoms with Crippen LogP contribution in [-0.2, 0) is 7.05 Å². The van der Waals surface area contributed by atoms with Crippen LogP contribution in [0.1, 0.15) is 13.8 Å². The Morgan fingerprint density at radius 2 is 2.00 bits per heavy atom. The molecule has 8 nitrogen and oxygen atoms in total. The molecule has 0 saturated heterocycles. The molecule has 2 rings (SSSR count). The van der Waals surface area contributed by atoms with Gasteiger partial charge in [0.05, 0.1) is 18.1 Å². The second-order valence-corrected chi connectivity index (χ2v) is 4.45.